The standard InChI is InChI=1S/C15H12FN3S/c1-10(11-6-2-3-7-12(11)16)18-19-15-17-13-8-4-5-9-14(13)20-15/h2-9H,1H3,(H,17,19)/b18-10+. The van der Waals surface area contributed by atoms with E-state index in [0.29, 0.717) is 16.4 Å². The molecule has 1 N–H and O–H groups in total. The van der Waals surface area contributed by atoms with Crippen LogP contribution in [-0.2, 0) is 0 Å². The number of nitrogens with one attached hydrogen (secondary N) is 1. The molecule has 3 nitrogen and oxygen atoms in total. The number of rotatable bonds is 3. The fourth-order valence-corrected chi connectivity index (χ4v) is 2.68. The van der Waals surface area contributed by atoms with Gasteiger partial charge in [-0.05, 0) is 25.1 Å². The van der Waals surface area contributed by atoms with Crippen LogP contribution in [0.15, 0.2) is 53.6 Å². The average Bonchev–Trinajstić information content (AvgIpc) is 2.88. The molecule has 0 aliphatic heterocycles. The van der Waals surface area contributed by atoms with Gasteiger partial charge >= 0.3 is 0 Å². The van der Waals surface area contributed by atoms with Gasteiger partial charge in [-0.15, -0.1) is 0 Å². The number of anilines is 1. The van der Waals surface area contributed by atoms with Crippen molar-refractivity contribution in [3.63, 3.8) is 0 Å². The molecule has 3 aromatic rings. The highest BCUT2D eigenvalue weighted by Gasteiger charge is 2.05. The summed E-state index contributed by atoms with van der Waals surface area (Å²) in [5, 5.41) is 4.89. The number of nitrogens with zero attached hydrogens (tertiary/aromatic N) is 2. The Morgan fingerprint density at radius 2 is 1.90 bits per heavy atom. The van der Waals surface area contributed by atoms with E-state index in [-0.39, 0.29) is 5.82 Å². The van der Waals surface area contributed by atoms with Crippen LogP contribution < -0.4 is 5.43 Å². The first-order chi connectivity index (χ1) is 9.74. The smallest absolute Gasteiger partial charge is 0.204 e. The SMILES string of the molecule is C/C(=N\Nc1nc2ccccc2s1)c1ccccc1F. The van der Waals surface area contributed by atoms with E-state index in [9.17, 15) is 4.39 Å². The second kappa shape index (κ2) is 5.38. The third-order valence-electron chi connectivity index (χ3n) is 2.88. The number of benzene rings is 2. The van der Waals surface area contributed by atoms with Crippen molar-refractivity contribution in [3.8, 4) is 0 Å². The summed E-state index contributed by atoms with van der Waals surface area (Å²) in [6.07, 6.45) is 0. The molecule has 0 bridgehead atoms. The molecule has 0 unspecified atom stereocenters. The van der Waals surface area contributed by atoms with Crippen LogP contribution in [0.5, 0.6) is 0 Å². The van der Waals surface area contributed by atoms with E-state index < -0.39 is 0 Å². The minimum atomic E-state index is -0.278. The van der Waals surface area contributed by atoms with Crippen molar-refractivity contribution < 1.29 is 4.39 Å². The molecule has 0 saturated heterocycles. The molecule has 0 fully saturated rings. The fourth-order valence-electron chi connectivity index (χ4n) is 1.87. The maximum atomic E-state index is 13.6. The van der Waals surface area contributed by atoms with Gasteiger partial charge in [0.2, 0.25) is 5.13 Å². The second-order valence-electron chi connectivity index (χ2n) is 4.28. The summed E-state index contributed by atoms with van der Waals surface area (Å²) in [5.74, 6) is -0.278. The summed E-state index contributed by atoms with van der Waals surface area (Å²) >= 11 is 1.52. The summed E-state index contributed by atoms with van der Waals surface area (Å²) in [7, 11) is 0. The predicted molar refractivity (Wildman–Crippen MR) is 81.9 cm³/mol. The number of hydrazone groups is 1. The molecule has 0 saturated carbocycles. The van der Waals surface area contributed by atoms with E-state index in [4.69, 9.17) is 0 Å². The van der Waals surface area contributed by atoms with Crippen molar-refractivity contribution in [3.05, 3.63) is 59.9 Å². The molecule has 0 spiro atoms. The molecule has 1 heterocycles. The molecule has 2 aromatic carbocycles. The molecule has 0 amide bonds. The maximum Gasteiger partial charge on any atom is 0.204 e. The Morgan fingerprint density at radius 3 is 2.70 bits per heavy atom. The Bertz CT molecular complexity index is 746. The van der Waals surface area contributed by atoms with Gasteiger partial charge in [0, 0.05) is 5.56 Å². The second-order valence-corrected chi connectivity index (χ2v) is 5.31. The quantitative estimate of drug-likeness (QED) is 0.576. The van der Waals surface area contributed by atoms with Crippen molar-refractivity contribution in [2.24, 2.45) is 5.10 Å². The topological polar surface area (TPSA) is 37.3 Å². The molecule has 0 radical (unpaired) electrons. The van der Waals surface area contributed by atoms with Crippen LogP contribution in [0.2, 0.25) is 0 Å². The Labute approximate surface area is 119 Å². The molecule has 3 rings (SSSR count). The van der Waals surface area contributed by atoms with Crippen LogP contribution in [0.4, 0.5) is 9.52 Å². The van der Waals surface area contributed by atoms with Gasteiger partial charge < -0.3 is 0 Å². The molecular formula is C15H12FN3S. The number of fused-ring (bicyclic) bond motifs is 1. The van der Waals surface area contributed by atoms with Gasteiger partial charge in [0.1, 0.15) is 5.82 Å². The molecule has 0 aliphatic rings. The Hall–Kier alpha value is -2.27. The van der Waals surface area contributed by atoms with Gasteiger partial charge in [0.25, 0.3) is 0 Å². The minimum absolute atomic E-state index is 0.278. The molecule has 5 heteroatoms. The van der Waals surface area contributed by atoms with E-state index in [1.807, 2.05) is 24.3 Å². The van der Waals surface area contributed by atoms with Crippen molar-refractivity contribution in [2.75, 3.05) is 5.43 Å². The Kier molecular flexibility index (Phi) is 3.43. The monoisotopic (exact) mass is 285 g/mol. The van der Waals surface area contributed by atoms with Crippen LogP contribution in [-0.4, -0.2) is 10.7 Å². The van der Waals surface area contributed by atoms with Gasteiger partial charge in [0.15, 0.2) is 0 Å². The minimum Gasteiger partial charge on any atom is -0.252 e. The van der Waals surface area contributed by atoms with Gasteiger partial charge in [0.05, 0.1) is 15.9 Å². The molecule has 0 atom stereocenters. The molecular weight excluding hydrogens is 273 g/mol. The van der Waals surface area contributed by atoms with Crippen molar-refractivity contribution in [2.45, 2.75) is 6.92 Å². The van der Waals surface area contributed by atoms with E-state index in [0.717, 1.165) is 10.2 Å². The lowest BCUT2D eigenvalue weighted by Crippen LogP contribution is -2.02. The third kappa shape index (κ3) is 2.53. The van der Waals surface area contributed by atoms with E-state index >= 15 is 0 Å². The summed E-state index contributed by atoms with van der Waals surface area (Å²) < 4.78 is 14.7. The van der Waals surface area contributed by atoms with Crippen LogP contribution in [0.3, 0.4) is 0 Å². The first-order valence-electron chi connectivity index (χ1n) is 6.15. The van der Waals surface area contributed by atoms with Gasteiger partial charge in [-0.3, -0.25) is 5.43 Å². The summed E-state index contributed by atoms with van der Waals surface area (Å²) in [6.45, 7) is 1.76. The Morgan fingerprint density at radius 1 is 1.15 bits per heavy atom. The van der Waals surface area contributed by atoms with Crippen molar-refractivity contribution in [1.82, 2.24) is 4.98 Å². The Balaban J connectivity index is 1.84. The number of hydrogen-bond acceptors (Lipinski definition) is 4. The highest BCUT2D eigenvalue weighted by atomic mass is 32.1. The van der Waals surface area contributed by atoms with Gasteiger partial charge in [-0.1, -0.05) is 41.7 Å². The number of halogens is 1. The van der Waals surface area contributed by atoms with Crippen molar-refractivity contribution >= 4 is 32.4 Å². The highest BCUT2D eigenvalue weighted by molar-refractivity contribution is 7.22. The molecule has 20 heavy (non-hydrogen) atoms. The van der Waals surface area contributed by atoms with Gasteiger partial charge in [-0.2, -0.15) is 5.10 Å². The zero-order valence-electron chi connectivity index (χ0n) is 10.8. The van der Waals surface area contributed by atoms with E-state index in [1.165, 1.54) is 17.4 Å². The highest BCUT2D eigenvalue weighted by Crippen LogP contribution is 2.25. The number of thiazole rings is 1. The van der Waals surface area contributed by atoms with E-state index in [1.54, 1.807) is 25.1 Å². The largest absolute Gasteiger partial charge is 0.252 e. The summed E-state index contributed by atoms with van der Waals surface area (Å²) in [4.78, 5) is 4.41. The normalized spacial score (nSPS) is 11.8. The van der Waals surface area contributed by atoms with Crippen molar-refractivity contribution in [1.29, 1.82) is 0 Å². The lowest BCUT2D eigenvalue weighted by Gasteiger charge is -2.02. The number of hydrogen-bond donors (Lipinski definition) is 1. The third-order valence-corrected chi connectivity index (χ3v) is 3.82. The maximum absolute atomic E-state index is 13.6. The van der Waals surface area contributed by atoms with Crippen LogP contribution in [0.1, 0.15) is 12.5 Å². The van der Waals surface area contributed by atoms with E-state index in [2.05, 4.69) is 15.5 Å². The lowest BCUT2D eigenvalue weighted by molar-refractivity contribution is 0.625. The molecule has 1 aromatic heterocycles. The number of para-hydroxylation sites is 1. The average molecular weight is 285 g/mol. The summed E-state index contributed by atoms with van der Waals surface area (Å²) in [5.41, 5.74) is 4.89. The molecule has 100 valence electrons. The van der Waals surface area contributed by atoms with Crippen LogP contribution in [0, 0.1) is 5.82 Å². The van der Waals surface area contributed by atoms with Crippen LogP contribution >= 0.6 is 11.3 Å². The lowest BCUT2D eigenvalue weighted by atomic mass is 10.1. The number of aromatic nitrogens is 1. The van der Waals surface area contributed by atoms with Crippen LogP contribution in [0.25, 0.3) is 10.2 Å². The first kappa shape index (κ1) is 12.7. The first-order valence-corrected chi connectivity index (χ1v) is 6.96. The zero-order chi connectivity index (χ0) is 13.9. The fraction of sp³-hybridized carbons (Fsp3) is 0.0667. The van der Waals surface area contributed by atoms with Gasteiger partial charge in [-0.25, -0.2) is 9.37 Å². The summed E-state index contributed by atoms with van der Waals surface area (Å²) in [6, 6.07) is 14.4. The zero-order valence-corrected chi connectivity index (χ0v) is 11.6. The predicted octanol–water partition coefficient (Wildman–Crippen LogP) is 4.27. The molecule has 0 aliphatic carbocycles.